The van der Waals surface area contributed by atoms with Crippen LogP contribution in [0.15, 0.2) is 24.3 Å². The number of hydrogen-bond donors (Lipinski definition) is 1. The average molecular weight is 173 g/mol. The highest BCUT2D eigenvalue weighted by Gasteiger charge is 1.81. The first-order chi connectivity index (χ1) is 5.20. The minimum Gasteiger partial charge on any atom is -0.483 e. The maximum atomic E-state index is 8.36. The summed E-state index contributed by atoms with van der Waals surface area (Å²) in [6, 6.07) is 7.75. The molecule has 0 amide bonds. The molecule has 0 aliphatic rings. The summed E-state index contributed by atoms with van der Waals surface area (Å²) < 4.78 is 0. The molecule has 0 spiro atoms. The molecule has 3 heteroatoms. The third kappa shape index (κ3) is 5.43. The first-order valence-electron chi connectivity index (χ1n) is 3.00. The zero-order valence-electron chi connectivity index (χ0n) is 6.12. The van der Waals surface area contributed by atoms with Crippen molar-refractivity contribution in [2.75, 3.05) is 0 Å². The Labute approximate surface area is 70.4 Å². The van der Waals surface area contributed by atoms with Gasteiger partial charge in [0, 0.05) is 5.02 Å². The van der Waals surface area contributed by atoms with Crippen LogP contribution in [0.5, 0.6) is 0 Å². The van der Waals surface area contributed by atoms with E-state index in [2.05, 4.69) is 0 Å². The molecule has 0 unspecified atom stereocenters. The second-order valence-electron chi connectivity index (χ2n) is 1.90. The minimum atomic E-state index is -0.250. The molecule has 11 heavy (non-hydrogen) atoms. The van der Waals surface area contributed by atoms with Gasteiger partial charge in [0.2, 0.25) is 0 Å². The molecule has 0 heterocycles. The Morgan fingerprint density at radius 2 is 1.73 bits per heavy atom. The highest BCUT2D eigenvalue weighted by Crippen LogP contribution is 2.07. The van der Waals surface area contributed by atoms with Crippen molar-refractivity contribution in [1.82, 2.24) is 0 Å². The maximum Gasteiger partial charge on any atom is 0.290 e. The molecule has 0 fully saturated rings. The van der Waals surface area contributed by atoms with E-state index in [4.69, 9.17) is 21.5 Å². The van der Waals surface area contributed by atoms with Gasteiger partial charge in [-0.1, -0.05) is 29.3 Å². The first kappa shape index (κ1) is 9.98. The molecular weight excluding hydrogens is 164 g/mol. The van der Waals surface area contributed by atoms with E-state index in [-0.39, 0.29) is 6.47 Å². The fraction of sp³-hybridized carbons (Fsp3) is 0.125. The lowest BCUT2D eigenvalue weighted by atomic mass is 10.2. The van der Waals surface area contributed by atoms with Crippen molar-refractivity contribution >= 4 is 18.1 Å². The fourth-order valence-electron chi connectivity index (χ4n) is 0.533. The predicted molar refractivity (Wildman–Crippen MR) is 44.9 cm³/mol. The van der Waals surface area contributed by atoms with Gasteiger partial charge in [0.25, 0.3) is 6.47 Å². The van der Waals surface area contributed by atoms with Gasteiger partial charge in [-0.15, -0.1) is 0 Å². The first-order valence-corrected chi connectivity index (χ1v) is 3.38. The summed E-state index contributed by atoms with van der Waals surface area (Å²) in [6.07, 6.45) is 0. The van der Waals surface area contributed by atoms with E-state index in [1.54, 1.807) is 0 Å². The smallest absolute Gasteiger partial charge is 0.290 e. The van der Waals surface area contributed by atoms with Gasteiger partial charge >= 0.3 is 0 Å². The Kier molecular flexibility index (Phi) is 5.21. The molecule has 1 N–H and O–H groups in total. The summed E-state index contributed by atoms with van der Waals surface area (Å²) in [7, 11) is 0. The second kappa shape index (κ2) is 5.74. The van der Waals surface area contributed by atoms with Crippen molar-refractivity contribution in [2.45, 2.75) is 6.92 Å². The lowest BCUT2D eigenvalue weighted by molar-refractivity contribution is -0.122. The molecule has 1 aromatic rings. The molecule has 0 aliphatic carbocycles. The van der Waals surface area contributed by atoms with E-state index in [1.165, 1.54) is 5.56 Å². The number of hydrogen-bond acceptors (Lipinski definition) is 1. The van der Waals surface area contributed by atoms with Crippen LogP contribution in [-0.2, 0) is 4.79 Å². The normalized spacial score (nSPS) is 7.82. The standard InChI is InChI=1S/C7H7Cl.CH2O2/c1-6-2-4-7(8)5-3-6;2-1-3/h2-5H,1H3;1H,(H,2,3). The van der Waals surface area contributed by atoms with Crippen LogP contribution < -0.4 is 0 Å². The van der Waals surface area contributed by atoms with Crippen LogP contribution in [0.1, 0.15) is 5.56 Å². The lowest BCUT2D eigenvalue weighted by Crippen LogP contribution is -1.66. The van der Waals surface area contributed by atoms with E-state index in [9.17, 15) is 0 Å². The minimum absolute atomic E-state index is 0.250. The van der Waals surface area contributed by atoms with E-state index in [0.29, 0.717) is 0 Å². The molecule has 0 radical (unpaired) electrons. The SMILES string of the molecule is Cc1ccc(Cl)cc1.O=CO. The molecular formula is C8H9ClO2. The third-order valence-electron chi connectivity index (χ3n) is 1.01. The Hall–Kier alpha value is -1.02. The Balaban J connectivity index is 0.000000292. The van der Waals surface area contributed by atoms with E-state index in [0.717, 1.165) is 5.02 Å². The van der Waals surface area contributed by atoms with Gasteiger partial charge in [0.15, 0.2) is 0 Å². The van der Waals surface area contributed by atoms with Crippen molar-refractivity contribution in [3.05, 3.63) is 34.9 Å². The Bertz CT molecular complexity index is 185. The molecule has 60 valence electrons. The molecule has 2 nitrogen and oxygen atoms in total. The highest BCUT2D eigenvalue weighted by molar-refractivity contribution is 6.30. The van der Waals surface area contributed by atoms with Gasteiger partial charge in [-0.3, -0.25) is 4.79 Å². The van der Waals surface area contributed by atoms with Crippen molar-refractivity contribution in [3.63, 3.8) is 0 Å². The largest absolute Gasteiger partial charge is 0.483 e. The average Bonchev–Trinajstić information content (AvgIpc) is 1.97. The highest BCUT2D eigenvalue weighted by atomic mass is 35.5. The van der Waals surface area contributed by atoms with Crippen LogP contribution in [0.2, 0.25) is 5.02 Å². The summed E-state index contributed by atoms with van der Waals surface area (Å²) in [5.41, 5.74) is 1.24. The summed E-state index contributed by atoms with van der Waals surface area (Å²) in [5.74, 6) is 0. The van der Waals surface area contributed by atoms with Crippen molar-refractivity contribution < 1.29 is 9.90 Å². The van der Waals surface area contributed by atoms with Gasteiger partial charge < -0.3 is 5.11 Å². The van der Waals surface area contributed by atoms with Crippen molar-refractivity contribution in [2.24, 2.45) is 0 Å². The number of benzene rings is 1. The quantitative estimate of drug-likeness (QED) is 0.610. The van der Waals surface area contributed by atoms with Gasteiger partial charge in [-0.25, -0.2) is 0 Å². The summed E-state index contributed by atoms with van der Waals surface area (Å²) in [6.45, 7) is 1.79. The Morgan fingerprint density at radius 3 is 2.00 bits per heavy atom. The van der Waals surface area contributed by atoms with Gasteiger partial charge in [-0.05, 0) is 19.1 Å². The van der Waals surface area contributed by atoms with Crippen LogP contribution in [0.25, 0.3) is 0 Å². The molecule has 0 saturated heterocycles. The fourth-order valence-corrected chi connectivity index (χ4v) is 0.659. The van der Waals surface area contributed by atoms with E-state index < -0.39 is 0 Å². The van der Waals surface area contributed by atoms with Crippen LogP contribution in [0.4, 0.5) is 0 Å². The second-order valence-corrected chi connectivity index (χ2v) is 2.34. The molecule has 0 aliphatic heterocycles. The molecule has 0 bridgehead atoms. The van der Waals surface area contributed by atoms with Crippen molar-refractivity contribution in [1.29, 1.82) is 0 Å². The lowest BCUT2D eigenvalue weighted by Gasteiger charge is -1.88. The van der Waals surface area contributed by atoms with E-state index in [1.807, 2.05) is 31.2 Å². The summed E-state index contributed by atoms with van der Waals surface area (Å²) in [5, 5.41) is 7.69. The van der Waals surface area contributed by atoms with E-state index >= 15 is 0 Å². The number of aryl methyl sites for hydroxylation is 1. The molecule has 0 saturated carbocycles. The molecule has 0 aromatic heterocycles. The topological polar surface area (TPSA) is 37.3 Å². The van der Waals surface area contributed by atoms with Crippen LogP contribution in [-0.4, -0.2) is 11.6 Å². The summed E-state index contributed by atoms with van der Waals surface area (Å²) >= 11 is 5.61. The molecule has 1 rings (SSSR count). The number of halogens is 1. The summed E-state index contributed by atoms with van der Waals surface area (Å²) in [4.78, 5) is 8.36. The number of carbonyl (C=O) groups is 1. The van der Waals surface area contributed by atoms with Crippen LogP contribution in [0.3, 0.4) is 0 Å². The van der Waals surface area contributed by atoms with Crippen LogP contribution in [0, 0.1) is 6.92 Å². The zero-order valence-corrected chi connectivity index (χ0v) is 6.88. The predicted octanol–water partition coefficient (Wildman–Crippen LogP) is 2.35. The number of rotatable bonds is 0. The van der Waals surface area contributed by atoms with Gasteiger partial charge in [0.05, 0.1) is 0 Å². The Morgan fingerprint density at radius 1 is 1.36 bits per heavy atom. The zero-order chi connectivity index (χ0) is 8.69. The van der Waals surface area contributed by atoms with Crippen molar-refractivity contribution in [3.8, 4) is 0 Å². The maximum absolute atomic E-state index is 8.36. The van der Waals surface area contributed by atoms with Crippen LogP contribution >= 0.6 is 11.6 Å². The van der Waals surface area contributed by atoms with Gasteiger partial charge in [-0.2, -0.15) is 0 Å². The van der Waals surface area contributed by atoms with Gasteiger partial charge in [0.1, 0.15) is 0 Å². The number of carboxylic acid groups (broad SMARTS) is 1. The third-order valence-corrected chi connectivity index (χ3v) is 1.26. The molecule has 1 aromatic carbocycles. The monoisotopic (exact) mass is 172 g/mol. The molecule has 0 atom stereocenters.